The number of piperidine rings is 1. The number of hydrogen-bond donors (Lipinski definition) is 1. The molecule has 0 aliphatic carbocycles. The van der Waals surface area contributed by atoms with Crippen molar-refractivity contribution >= 4 is 5.97 Å². The summed E-state index contributed by atoms with van der Waals surface area (Å²) >= 11 is 0. The monoisotopic (exact) mass is 453 g/mol. The van der Waals surface area contributed by atoms with Gasteiger partial charge in [0.1, 0.15) is 0 Å². The summed E-state index contributed by atoms with van der Waals surface area (Å²) in [5.41, 5.74) is 3.47. The topological polar surface area (TPSA) is 40.5 Å². The Morgan fingerprint density at radius 3 is 2.30 bits per heavy atom. The molecular weight excluding hydrogens is 427 g/mol. The molecule has 6 heteroatoms. The summed E-state index contributed by atoms with van der Waals surface area (Å²) in [6.07, 6.45) is -2.94. The van der Waals surface area contributed by atoms with Crippen LogP contribution in [0.1, 0.15) is 42.0 Å². The molecule has 0 bridgehead atoms. The molecule has 1 N–H and O–H groups in total. The third kappa shape index (κ3) is 5.82. The molecular formula is C27H26F3NO2. The third-order valence-corrected chi connectivity index (χ3v) is 6.33. The first-order valence-corrected chi connectivity index (χ1v) is 11.1. The second-order valence-corrected chi connectivity index (χ2v) is 8.66. The van der Waals surface area contributed by atoms with Crippen molar-refractivity contribution in [3.63, 3.8) is 0 Å². The summed E-state index contributed by atoms with van der Waals surface area (Å²) in [5.74, 6) is -0.836. The molecule has 172 valence electrons. The fraction of sp³-hybridized carbons (Fsp3) is 0.296. The molecule has 0 radical (unpaired) electrons. The number of benzene rings is 3. The summed E-state index contributed by atoms with van der Waals surface area (Å²) in [5, 5.41) is 9.25. The maximum atomic E-state index is 13.0. The van der Waals surface area contributed by atoms with E-state index >= 15 is 0 Å². The van der Waals surface area contributed by atoms with E-state index in [1.807, 2.05) is 24.3 Å². The van der Waals surface area contributed by atoms with Gasteiger partial charge in [0.25, 0.3) is 0 Å². The van der Waals surface area contributed by atoms with Gasteiger partial charge in [-0.25, -0.2) is 0 Å². The molecule has 3 nitrogen and oxygen atoms in total. The van der Waals surface area contributed by atoms with Crippen molar-refractivity contribution in [1.29, 1.82) is 0 Å². The van der Waals surface area contributed by atoms with Crippen LogP contribution in [0.5, 0.6) is 0 Å². The van der Waals surface area contributed by atoms with E-state index in [2.05, 4.69) is 35.2 Å². The zero-order chi connectivity index (χ0) is 23.4. The van der Waals surface area contributed by atoms with Crippen molar-refractivity contribution < 1.29 is 23.1 Å². The lowest BCUT2D eigenvalue weighted by atomic mass is 9.84. The second kappa shape index (κ2) is 9.79. The van der Waals surface area contributed by atoms with Crippen LogP contribution in [0.25, 0.3) is 11.1 Å². The molecule has 0 amide bonds. The first-order chi connectivity index (χ1) is 15.8. The Labute approximate surface area is 191 Å². The predicted molar refractivity (Wildman–Crippen MR) is 121 cm³/mol. The molecule has 1 saturated heterocycles. The maximum Gasteiger partial charge on any atom is 0.416 e. The van der Waals surface area contributed by atoms with Gasteiger partial charge in [-0.05, 0) is 65.8 Å². The maximum absolute atomic E-state index is 13.0. The number of likely N-dealkylation sites (tertiary alicyclic amines) is 1. The Hall–Kier alpha value is -3.12. The number of carboxylic acid groups (broad SMARTS) is 1. The molecule has 1 heterocycles. The highest BCUT2D eigenvalue weighted by atomic mass is 19.4. The van der Waals surface area contributed by atoms with Gasteiger partial charge >= 0.3 is 12.1 Å². The zero-order valence-electron chi connectivity index (χ0n) is 18.1. The summed E-state index contributed by atoms with van der Waals surface area (Å²) in [4.78, 5) is 13.5. The fourth-order valence-electron chi connectivity index (χ4n) is 4.66. The lowest BCUT2D eigenvalue weighted by molar-refractivity contribution is -0.139. The van der Waals surface area contributed by atoms with E-state index in [0.29, 0.717) is 19.5 Å². The second-order valence-electron chi connectivity index (χ2n) is 8.66. The Kier molecular flexibility index (Phi) is 6.84. The van der Waals surface area contributed by atoms with Gasteiger partial charge in [-0.1, -0.05) is 60.7 Å². The Balaban J connectivity index is 1.58. The van der Waals surface area contributed by atoms with E-state index in [0.717, 1.165) is 40.8 Å². The molecule has 0 saturated carbocycles. The van der Waals surface area contributed by atoms with Gasteiger partial charge in [-0.15, -0.1) is 0 Å². The predicted octanol–water partition coefficient (Wildman–Crippen LogP) is 6.80. The van der Waals surface area contributed by atoms with Crippen LogP contribution in [0.15, 0.2) is 78.9 Å². The van der Waals surface area contributed by atoms with Gasteiger partial charge in [-0.2, -0.15) is 13.2 Å². The van der Waals surface area contributed by atoms with E-state index in [-0.39, 0.29) is 18.4 Å². The highest BCUT2D eigenvalue weighted by Gasteiger charge is 2.33. The minimum atomic E-state index is -4.38. The molecule has 1 aliphatic rings. The largest absolute Gasteiger partial charge is 0.481 e. The first-order valence-electron chi connectivity index (χ1n) is 11.1. The van der Waals surface area contributed by atoms with Gasteiger partial charge in [0.15, 0.2) is 0 Å². The van der Waals surface area contributed by atoms with Gasteiger partial charge < -0.3 is 5.11 Å². The van der Waals surface area contributed by atoms with Crippen molar-refractivity contribution in [1.82, 2.24) is 4.90 Å². The molecule has 33 heavy (non-hydrogen) atoms. The van der Waals surface area contributed by atoms with E-state index in [1.165, 1.54) is 12.1 Å². The van der Waals surface area contributed by atoms with Crippen LogP contribution in [-0.2, 0) is 17.5 Å². The minimum absolute atomic E-state index is 0.00157. The minimum Gasteiger partial charge on any atom is -0.481 e. The summed E-state index contributed by atoms with van der Waals surface area (Å²) < 4.78 is 39.1. The van der Waals surface area contributed by atoms with Crippen LogP contribution < -0.4 is 0 Å². The van der Waals surface area contributed by atoms with Crippen LogP contribution >= 0.6 is 0 Å². The number of nitrogens with zero attached hydrogens (tertiary/aromatic N) is 1. The summed E-state index contributed by atoms with van der Waals surface area (Å²) in [6.45, 7) is 1.34. The van der Waals surface area contributed by atoms with E-state index in [4.69, 9.17) is 0 Å². The number of rotatable bonds is 6. The molecule has 0 unspecified atom stereocenters. The molecule has 1 fully saturated rings. The Morgan fingerprint density at radius 2 is 1.64 bits per heavy atom. The van der Waals surface area contributed by atoms with Gasteiger partial charge in [0, 0.05) is 19.0 Å². The molecule has 0 aromatic heterocycles. The van der Waals surface area contributed by atoms with Crippen LogP contribution in [0.2, 0.25) is 0 Å². The van der Waals surface area contributed by atoms with Crippen molar-refractivity contribution in [2.75, 3.05) is 6.54 Å². The molecule has 0 spiro atoms. The zero-order valence-corrected chi connectivity index (χ0v) is 18.1. The first kappa shape index (κ1) is 23.1. The average Bonchev–Trinajstić information content (AvgIpc) is 2.80. The van der Waals surface area contributed by atoms with Gasteiger partial charge in [-0.3, -0.25) is 9.69 Å². The molecule has 2 atom stereocenters. The Bertz CT molecular complexity index is 1080. The van der Waals surface area contributed by atoms with Gasteiger partial charge in [0.2, 0.25) is 0 Å². The molecule has 4 rings (SSSR count). The number of carbonyl (C=O) groups is 1. The standard InChI is InChI=1S/C27H26F3NO2/c28-27(29,30)24-11-9-22(10-12-24)25-16-19(17-26(32)33)13-14-31(25)18-20-5-4-8-23(15-20)21-6-2-1-3-7-21/h1-12,15,19,25H,13-14,16-18H2,(H,32,33)/t19-,25+/m0/s1. The van der Waals surface area contributed by atoms with Crippen molar-refractivity contribution in [3.8, 4) is 11.1 Å². The highest BCUT2D eigenvalue weighted by molar-refractivity contribution is 5.67. The smallest absolute Gasteiger partial charge is 0.416 e. The number of halogens is 3. The van der Waals surface area contributed by atoms with Crippen LogP contribution in [0.3, 0.4) is 0 Å². The van der Waals surface area contributed by atoms with Crippen molar-refractivity contribution in [2.24, 2.45) is 5.92 Å². The number of carboxylic acids is 1. The van der Waals surface area contributed by atoms with Crippen LogP contribution in [-0.4, -0.2) is 22.5 Å². The van der Waals surface area contributed by atoms with Crippen LogP contribution in [0, 0.1) is 5.92 Å². The Morgan fingerprint density at radius 1 is 0.939 bits per heavy atom. The SMILES string of the molecule is O=C(O)C[C@H]1CCN(Cc2cccc(-c3ccccc3)c2)[C@@H](c2ccc(C(F)(F)F)cc2)C1. The molecule has 3 aromatic carbocycles. The third-order valence-electron chi connectivity index (χ3n) is 6.33. The molecule has 3 aromatic rings. The van der Waals surface area contributed by atoms with E-state index in [9.17, 15) is 23.1 Å². The van der Waals surface area contributed by atoms with E-state index < -0.39 is 17.7 Å². The van der Waals surface area contributed by atoms with Gasteiger partial charge in [0.05, 0.1) is 5.56 Å². The average molecular weight is 454 g/mol. The normalized spacial score (nSPS) is 19.4. The highest BCUT2D eigenvalue weighted by Crippen LogP contribution is 2.38. The number of hydrogen-bond acceptors (Lipinski definition) is 2. The van der Waals surface area contributed by atoms with E-state index in [1.54, 1.807) is 0 Å². The summed E-state index contributed by atoms with van der Waals surface area (Å²) in [7, 11) is 0. The van der Waals surface area contributed by atoms with Crippen molar-refractivity contribution in [2.45, 2.75) is 38.0 Å². The summed E-state index contributed by atoms with van der Waals surface area (Å²) in [6, 6.07) is 23.5. The number of alkyl halides is 3. The lowest BCUT2D eigenvalue weighted by Crippen LogP contribution is -2.37. The lowest BCUT2D eigenvalue weighted by Gasteiger charge is -2.39. The van der Waals surface area contributed by atoms with Crippen LogP contribution in [0.4, 0.5) is 13.2 Å². The fourth-order valence-corrected chi connectivity index (χ4v) is 4.66. The van der Waals surface area contributed by atoms with Crippen molar-refractivity contribution in [3.05, 3.63) is 95.6 Å². The molecule has 1 aliphatic heterocycles. The number of aliphatic carboxylic acids is 1. The quantitative estimate of drug-likeness (QED) is 0.446.